The van der Waals surface area contributed by atoms with E-state index in [4.69, 9.17) is 9.47 Å². The predicted octanol–water partition coefficient (Wildman–Crippen LogP) is 4.48. The first kappa shape index (κ1) is 25.2. The zero-order chi connectivity index (χ0) is 25.0. The molecule has 35 heavy (non-hydrogen) atoms. The highest BCUT2D eigenvalue weighted by Crippen LogP contribution is 2.17. The van der Waals surface area contributed by atoms with Gasteiger partial charge in [-0.05, 0) is 85.1 Å². The van der Waals surface area contributed by atoms with Gasteiger partial charge in [-0.2, -0.15) is 5.10 Å². The third-order valence-electron chi connectivity index (χ3n) is 4.81. The Bertz CT molecular complexity index is 1190. The van der Waals surface area contributed by atoms with Crippen LogP contribution in [0.25, 0.3) is 0 Å². The Labute approximate surface area is 204 Å². The van der Waals surface area contributed by atoms with Crippen molar-refractivity contribution in [1.29, 1.82) is 0 Å². The number of unbranched alkanes of at least 4 members (excludes halogenated alkanes) is 1. The molecule has 180 valence electrons. The van der Waals surface area contributed by atoms with Gasteiger partial charge in [-0.3, -0.25) is 9.59 Å². The molecule has 3 aromatic carbocycles. The summed E-state index contributed by atoms with van der Waals surface area (Å²) in [5, 5.41) is 6.29. The van der Waals surface area contributed by atoms with Crippen molar-refractivity contribution < 1.29 is 23.9 Å². The van der Waals surface area contributed by atoms with E-state index in [1.54, 1.807) is 66.7 Å². The molecule has 8 nitrogen and oxygen atoms in total. The van der Waals surface area contributed by atoms with Crippen LogP contribution in [0.4, 0.5) is 5.69 Å². The quantitative estimate of drug-likeness (QED) is 0.119. The van der Waals surface area contributed by atoms with Gasteiger partial charge in [0.05, 0.1) is 18.4 Å². The molecule has 2 N–H and O–H groups in total. The number of hydrogen-bond donors (Lipinski definition) is 2. The second-order valence-electron chi connectivity index (χ2n) is 7.71. The van der Waals surface area contributed by atoms with E-state index in [2.05, 4.69) is 22.8 Å². The van der Waals surface area contributed by atoms with E-state index in [1.807, 2.05) is 13.0 Å². The highest BCUT2D eigenvalue weighted by atomic mass is 16.5. The fraction of sp³-hybridized carbons (Fsp3) is 0.185. The summed E-state index contributed by atoms with van der Waals surface area (Å²) in [4.78, 5) is 36.2. The molecular formula is C27H27N3O5. The van der Waals surface area contributed by atoms with Crippen molar-refractivity contribution in [3.8, 4) is 11.5 Å². The highest BCUT2D eigenvalue weighted by Gasteiger charge is 2.13. The molecule has 0 atom stereocenters. The number of hydrazone groups is 1. The molecule has 0 aliphatic rings. The summed E-state index contributed by atoms with van der Waals surface area (Å²) >= 11 is 0. The van der Waals surface area contributed by atoms with E-state index in [0.29, 0.717) is 34.9 Å². The third-order valence-corrected chi connectivity index (χ3v) is 4.81. The molecule has 0 radical (unpaired) electrons. The normalized spacial score (nSPS) is 10.6. The van der Waals surface area contributed by atoms with E-state index in [9.17, 15) is 14.4 Å². The van der Waals surface area contributed by atoms with Crippen molar-refractivity contribution in [3.05, 3.63) is 89.5 Å². The lowest BCUT2D eigenvalue weighted by atomic mass is 10.2. The zero-order valence-corrected chi connectivity index (χ0v) is 19.6. The number of carbonyl (C=O) groups is 3. The Morgan fingerprint density at radius 3 is 2.31 bits per heavy atom. The van der Waals surface area contributed by atoms with E-state index in [-0.39, 0.29) is 0 Å². The summed E-state index contributed by atoms with van der Waals surface area (Å²) < 4.78 is 11.0. The molecule has 0 spiro atoms. The zero-order valence-electron chi connectivity index (χ0n) is 19.6. The van der Waals surface area contributed by atoms with Crippen LogP contribution >= 0.6 is 0 Å². The van der Waals surface area contributed by atoms with Gasteiger partial charge in [0.1, 0.15) is 11.5 Å². The number of anilines is 1. The third kappa shape index (κ3) is 8.12. The fourth-order valence-corrected chi connectivity index (χ4v) is 2.94. The van der Waals surface area contributed by atoms with Crippen LogP contribution in [0.2, 0.25) is 0 Å². The maximum atomic E-state index is 12.4. The molecule has 0 fully saturated rings. The van der Waals surface area contributed by atoms with Gasteiger partial charge in [-0.25, -0.2) is 10.2 Å². The van der Waals surface area contributed by atoms with Gasteiger partial charge in [0, 0.05) is 5.69 Å². The summed E-state index contributed by atoms with van der Waals surface area (Å²) in [6.07, 6.45) is 3.40. The second-order valence-corrected chi connectivity index (χ2v) is 7.71. The molecule has 3 rings (SSSR count). The molecule has 0 aliphatic carbocycles. The summed E-state index contributed by atoms with van der Waals surface area (Å²) in [6, 6.07) is 20.4. The van der Waals surface area contributed by atoms with Crippen LogP contribution in [-0.4, -0.2) is 30.6 Å². The number of esters is 1. The first-order valence-electron chi connectivity index (χ1n) is 11.2. The van der Waals surface area contributed by atoms with Gasteiger partial charge >= 0.3 is 17.8 Å². The molecule has 8 heteroatoms. The van der Waals surface area contributed by atoms with Crippen molar-refractivity contribution in [2.24, 2.45) is 5.10 Å². The first-order chi connectivity index (χ1) is 16.9. The van der Waals surface area contributed by atoms with Gasteiger partial charge in [0.25, 0.3) is 0 Å². The lowest BCUT2D eigenvalue weighted by Gasteiger charge is -2.07. The minimum absolute atomic E-state index is 0.358. The standard InChI is InChI=1S/C27H27N3O5/c1-3-4-16-34-23-14-10-21(11-15-23)27(33)35-24-12-8-20(9-13-24)18-28-30-26(32)25(31)29-22-7-5-6-19(2)17-22/h5-15,17-18H,3-4,16H2,1-2H3,(H,29,31)(H,30,32)/b28-18+. The number of carbonyl (C=O) groups excluding carboxylic acids is 3. The Morgan fingerprint density at radius 2 is 1.63 bits per heavy atom. The van der Waals surface area contributed by atoms with Gasteiger partial charge < -0.3 is 14.8 Å². The number of aryl methyl sites for hydroxylation is 1. The Morgan fingerprint density at radius 1 is 0.914 bits per heavy atom. The van der Waals surface area contributed by atoms with Crippen LogP contribution in [0.15, 0.2) is 77.9 Å². The monoisotopic (exact) mass is 473 g/mol. The van der Waals surface area contributed by atoms with Crippen molar-refractivity contribution in [1.82, 2.24) is 5.43 Å². The minimum atomic E-state index is -0.893. The number of ether oxygens (including phenoxy) is 2. The molecule has 3 aromatic rings. The molecule has 0 aromatic heterocycles. The number of rotatable bonds is 9. The number of hydrogen-bond acceptors (Lipinski definition) is 6. The lowest BCUT2D eigenvalue weighted by molar-refractivity contribution is -0.136. The van der Waals surface area contributed by atoms with Crippen LogP contribution < -0.4 is 20.2 Å². The SMILES string of the molecule is CCCCOc1ccc(C(=O)Oc2ccc(/C=N/NC(=O)C(=O)Nc3cccc(C)c3)cc2)cc1. The van der Waals surface area contributed by atoms with E-state index in [0.717, 1.165) is 18.4 Å². The molecular weight excluding hydrogens is 446 g/mol. The van der Waals surface area contributed by atoms with Crippen molar-refractivity contribution in [3.63, 3.8) is 0 Å². The fourth-order valence-electron chi connectivity index (χ4n) is 2.94. The van der Waals surface area contributed by atoms with Crippen LogP contribution in [0.5, 0.6) is 11.5 Å². The second kappa shape index (κ2) is 12.7. The molecule has 0 heterocycles. The molecule has 2 amide bonds. The maximum absolute atomic E-state index is 12.4. The number of amides is 2. The summed E-state index contributed by atoms with van der Waals surface area (Å²) in [5.41, 5.74) is 4.70. The average Bonchev–Trinajstić information content (AvgIpc) is 2.85. The minimum Gasteiger partial charge on any atom is -0.494 e. The molecule has 0 unspecified atom stereocenters. The van der Waals surface area contributed by atoms with E-state index in [1.165, 1.54) is 6.21 Å². The Balaban J connectivity index is 1.47. The topological polar surface area (TPSA) is 106 Å². The number of nitrogens with zero attached hydrogens (tertiary/aromatic N) is 1. The Kier molecular flexibility index (Phi) is 9.13. The highest BCUT2D eigenvalue weighted by molar-refractivity contribution is 6.39. The lowest BCUT2D eigenvalue weighted by Crippen LogP contribution is -2.32. The van der Waals surface area contributed by atoms with Crippen LogP contribution in [-0.2, 0) is 9.59 Å². The van der Waals surface area contributed by atoms with Crippen LogP contribution in [0.3, 0.4) is 0 Å². The molecule has 0 saturated heterocycles. The number of nitrogens with one attached hydrogen (secondary N) is 2. The van der Waals surface area contributed by atoms with Crippen molar-refractivity contribution in [2.45, 2.75) is 26.7 Å². The molecule has 0 aliphatic heterocycles. The van der Waals surface area contributed by atoms with E-state index < -0.39 is 17.8 Å². The summed E-state index contributed by atoms with van der Waals surface area (Å²) in [6.45, 7) is 4.61. The van der Waals surface area contributed by atoms with Crippen molar-refractivity contribution in [2.75, 3.05) is 11.9 Å². The van der Waals surface area contributed by atoms with Gasteiger partial charge in [0.15, 0.2) is 0 Å². The predicted molar refractivity (Wildman–Crippen MR) is 134 cm³/mol. The van der Waals surface area contributed by atoms with E-state index >= 15 is 0 Å². The largest absolute Gasteiger partial charge is 0.494 e. The maximum Gasteiger partial charge on any atom is 0.343 e. The first-order valence-corrected chi connectivity index (χ1v) is 11.2. The molecule has 0 saturated carbocycles. The number of benzene rings is 3. The molecule has 0 bridgehead atoms. The average molecular weight is 474 g/mol. The van der Waals surface area contributed by atoms with Gasteiger partial charge in [-0.15, -0.1) is 0 Å². The van der Waals surface area contributed by atoms with Gasteiger partial charge in [0.2, 0.25) is 0 Å². The Hall–Kier alpha value is -4.46. The smallest absolute Gasteiger partial charge is 0.343 e. The van der Waals surface area contributed by atoms with Gasteiger partial charge in [-0.1, -0.05) is 25.5 Å². The summed E-state index contributed by atoms with van der Waals surface area (Å²) in [5.74, 6) is -1.14. The van der Waals surface area contributed by atoms with Crippen LogP contribution in [0.1, 0.15) is 41.3 Å². The van der Waals surface area contributed by atoms with Crippen molar-refractivity contribution >= 4 is 29.7 Å². The van der Waals surface area contributed by atoms with Crippen LogP contribution in [0, 0.1) is 6.92 Å². The summed E-state index contributed by atoms with van der Waals surface area (Å²) in [7, 11) is 0.